The van der Waals surface area contributed by atoms with Crippen molar-refractivity contribution in [2.75, 3.05) is 20.0 Å². The Labute approximate surface area is 113 Å². The molecule has 0 fully saturated rings. The van der Waals surface area contributed by atoms with E-state index >= 15 is 0 Å². The van der Waals surface area contributed by atoms with Gasteiger partial charge >= 0.3 is 0 Å². The molecular formula is C14H18ClNO2. The van der Waals surface area contributed by atoms with E-state index in [9.17, 15) is 9.59 Å². The van der Waals surface area contributed by atoms with Crippen molar-refractivity contribution < 1.29 is 9.59 Å². The van der Waals surface area contributed by atoms with Gasteiger partial charge in [0.25, 0.3) is 0 Å². The minimum atomic E-state index is 0.0521. The molecule has 0 heterocycles. The maximum absolute atomic E-state index is 11.7. The lowest BCUT2D eigenvalue weighted by Gasteiger charge is -2.10. The molecular weight excluding hydrogens is 250 g/mol. The van der Waals surface area contributed by atoms with Crippen LogP contribution in [0.3, 0.4) is 0 Å². The quantitative estimate of drug-likeness (QED) is 0.587. The Morgan fingerprint density at radius 3 is 2.28 bits per heavy atom. The van der Waals surface area contributed by atoms with Crippen LogP contribution in [0.15, 0.2) is 24.3 Å². The van der Waals surface area contributed by atoms with E-state index in [-0.39, 0.29) is 11.7 Å². The van der Waals surface area contributed by atoms with Gasteiger partial charge < -0.3 is 4.90 Å². The molecule has 3 nitrogen and oxygen atoms in total. The highest BCUT2D eigenvalue weighted by molar-refractivity contribution is 6.18. The smallest absolute Gasteiger partial charge is 0.226 e. The molecule has 0 saturated carbocycles. The van der Waals surface area contributed by atoms with Gasteiger partial charge in [-0.1, -0.05) is 24.3 Å². The first kappa shape index (κ1) is 14.7. The second kappa shape index (κ2) is 7.17. The van der Waals surface area contributed by atoms with Crippen molar-refractivity contribution in [1.82, 2.24) is 4.90 Å². The van der Waals surface area contributed by atoms with Gasteiger partial charge in [0.15, 0.2) is 5.78 Å². The number of halogens is 1. The van der Waals surface area contributed by atoms with Crippen LogP contribution >= 0.6 is 11.6 Å². The first-order valence-corrected chi connectivity index (χ1v) is 6.46. The van der Waals surface area contributed by atoms with Gasteiger partial charge in [0.2, 0.25) is 5.91 Å². The zero-order valence-electron chi connectivity index (χ0n) is 10.8. The third-order valence-corrected chi connectivity index (χ3v) is 2.93. The molecule has 0 aliphatic rings. The Hall–Kier alpha value is -1.35. The molecule has 0 atom stereocenters. The Bertz CT molecular complexity index is 412. The summed E-state index contributed by atoms with van der Waals surface area (Å²) in [4.78, 5) is 24.8. The second-order valence-corrected chi connectivity index (χ2v) is 4.76. The maximum Gasteiger partial charge on any atom is 0.226 e. The number of benzene rings is 1. The molecule has 1 aromatic rings. The number of nitrogens with zero attached hydrogens (tertiary/aromatic N) is 1. The molecule has 98 valence electrons. The van der Waals surface area contributed by atoms with Crippen LogP contribution in [0.2, 0.25) is 0 Å². The van der Waals surface area contributed by atoms with Crippen molar-refractivity contribution in [3.63, 3.8) is 0 Å². The number of rotatable bonds is 6. The molecule has 1 rings (SSSR count). The molecule has 0 radical (unpaired) electrons. The zero-order valence-corrected chi connectivity index (χ0v) is 11.5. The van der Waals surface area contributed by atoms with Crippen molar-refractivity contribution >= 4 is 23.3 Å². The average molecular weight is 268 g/mol. The highest BCUT2D eigenvalue weighted by atomic mass is 35.5. The van der Waals surface area contributed by atoms with Crippen LogP contribution in [-0.2, 0) is 11.2 Å². The van der Waals surface area contributed by atoms with Gasteiger partial charge in [-0.15, -0.1) is 11.6 Å². The van der Waals surface area contributed by atoms with Crippen LogP contribution in [0.4, 0.5) is 0 Å². The number of ketones is 1. The lowest BCUT2D eigenvalue weighted by Crippen LogP contribution is -2.23. The van der Waals surface area contributed by atoms with E-state index in [1.165, 1.54) is 0 Å². The predicted molar refractivity (Wildman–Crippen MR) is 73.1 cm³/mol. The van der Waals surface area contributed by atoms with E-state index in [1.54, 1.807) is 31.1 Å². The lowest BCUT2D eigenvalue weighted by molar-refractivity contribution is -0.127. The van der Waals surface area contributed by atoms with Gasteiger partial charge in [0.05, 0.1) is 6.42 Å². The topological polar surface area (TPSA) is 37.4 Å². The van der Waals surface area contributed by atoms with E-state index < -0.39 is 0 Å². The minimum Gasteiger partial charge on any atom is -0.349 e. The van der Waals surface area contributed by atoms with Crippen LogP contribution < -0.4 is 0 Å². The SMILES string of the molecule is CN(C)C(=O)Cc1ccc(C(=O)CCCCl)cc1. The van der Waals surface area contributed by atoms with Crippen molar-refractivity contribution in [2.45, 2.75) is 19.3 Å². The maximum atomic E-state index is 11.7. The van der Waals surface area contributed by atoms with Crippen LogP contribution in [0.5, 0.6) is 0 Å². The number of amides is 1. The van der Waals surface area contributed by atoms with E-state index in [4.69, 9.17) is 11.6 Å². The standard InChI is InChI=1S/C14H18ClNO2/c1-16(2)14(18)10-11-5-7-12(8-6-11)13(17)4-3-9-15/h5-8H,3-4,9-10H2,1-2H3. The van der Waals surface area contributed by atoms with Gasteiger partial charge in [0.1, 0.15) is 0 Å². The molecule has 0 saturated heterocycles. The molecule has 0 bridgehead atoms. The summed E-state index contributed by atoms with van der Waals surface area (Å²) in [5.41, 5.74) is 1.60. The minimum absolute atomic E-state index is 0.0521. The van der Waals surface area contributed by atoms with E-state index in [0.717, 1.165) is 5.56 Å². The van der Waals surface area contributed by atoms with Gasteiger partial charge in [0, 0.05) is 32.0 Å². The highest BCUT2D eigenvalue weighted by Gasteiger charge is 2.08. The largest absolute Gasteiger partial charge is 0.349 e. The Kier molecular flexibility index (Phi) is 5.86. The average Bonchev–Trinajstić information content (AvgIpc) is 2.36. The summed E-state index contributed by atoms with van der Waals surface area (Å²) in [6, 6.07) is 7.20. The first-order valence-electron chi connectivity index (χ1n) is 5.93. The molecule has 0 N–H and O–H groups in total. The Morgan fingerprint density at radius 1 is 1.17 bits per heavy atom. The molecule has 18 heavy (non-hydrogen) atoms. The van der Waals surface area contributed by atoms with Gasteiger partial charge in [-0.2, -0.15) is 0 Å². The molecule has 0 aliphatic heterocycles. The second-order valence-electron chi connectivity index (χ2n) is 4.38. The molecule has 0 aliphatic carbocycles. The summed E-state index contributed by atoms with van der Waals surface area (Å²) in [7, 11) is 3.46. The molecule has 0 spiro atoms. The van der Waals surface area contributed by atoms with Crippen LogP contribution in [0, 0.1) is 0 Å². The van der Waals surface area contributed by atoms with Crippen molar-refractivity contribution in [1.29, 1.82) is 0 Å². The lowest BCUT2D eigenvalue weighted by atomic mass is 10.0. The van der Waals surface area contributed by atoms with Crippen LogP contribution in [-0.4, -0.2) is 36.6 Å². The van der Waals surface area contributed by atoms with E-state index in [0.29, 0.717) is 30.7 Å². The number of alkyl halides is 1. The van der Waals surface area contributed by atoms with Crippen LogP contribution in [0.25, 0.3) is 0 Å². The summed E-state index contributed by atoms with van der Waals surface area (Å²) < 4.78 is 0. The van der Waals surface area contributed by atoms with Crippen molar-refractivity contribution in [2.24, 2.45) is 0 Å². The van der Waals surface area contributed by atoms with Crippen molar-refractivity contribution in [3.8, 4) is 0 Å². The number of carbonyl (C=O) groups excluding carboxylic acids is 2. The fraction of sp³-hybridized carbons (Fsp3) is 0.429. The van der Waals surface area contributed by atoms with Gasteiger partial charge in [-0.05, 0) is 12.0 Å². The molecule has 1 aromatic carbocycles. The van der Waals surface area contributed by atoms with Crippen LogP contribution in [0.1, 0.15) is 28.8 Å². The Morgan fingerprint density at radius 2 is 1.78 bits per heavy atom. The zero-order chi connectivity index (χ0) is 13.5. The molecule has 1 amide bonds. The molecule has 0 unspecified atom stereocenters. The number of carbonyl (C=O) groups is 2. The van der Waals surface area contributed by atoms with E-state index in [2.05, 4.69) is 0 Å². The van der Waals surface area contributed by atoms with Gasteiger partial charge in [-0.25, -0.2) is 0 Å². The monoisotopic (exact) mass is 267 g/mol. The fourth-order valence-electron chi connectivity index (χ4n) is 1.51. The number of hydrogen-bond donors (Lipinski definition) is 0. The number of likely N-dealkylation sites (N-methyl/N-ethyl adjacent to an activating group) is 1. The first-order chi connectivity index (χ1) is 8.54. The fourth-order valence-corrected chi connectivity index (χ4v) is 1.65. The number of Topliss-reactive ketones (excluding diaryl/α,β-unsaturated/α-hetero) is 1. The summed E-state index contributed by atoms with van der Waals surface area (Å²) in [6.07, 6.45) is 1.53. The highest BCUT2D eigenvalue weighted by Crippen LogP contribution is 2.09. The van der Waals surface area contributed by atoms with E-state index in [1.807, 2.05) is 12.1 Å². The summed E-state index contributed by atoms with van der Waals surface area (Å²) in [5.74, 6) is 0.651. The molecule has 0 aromatic heterocycles. The summed E-state index contributed by atoms with van der Waals surface area (Å²) in [6.45, 7) is 0. The number of hydrogen-bond acceptors (Lipinski definition) is 2. The Balaban J connectivity index is 2.62. The molecule has 4 heteroatoms. The predicted octanol–water partition coefficient (Wildman–Crippen LogP) is 2.52. The normalized spacial score (nSPS) is 10.2. The summed E-state index contributed by atoms with van der Waals surface area (Å²) in [5, 5.41) is 0. The van der Waals surface area contributed by atoms with Gasteiger partial charge in [-0.3, -0.25) is 9.59 Å². The van der Waals surface area contributed by atoms with Crippen molar-refractivity contribution in [3.05, 3.63) is 35.4 Å². The third kappa shape index (κ3) is 4.49. The summed E-state index contributed by atoms with van der Waals surface area (Å²) >= 11 is 5.55. The third-order valence-electron chi connectivity index (χ3n) is 2.67.